The number of benzene rings is 1. The average Bonchev–Trinajstić information content (AvgIpc) is 3.24. The number of ketones is 1. The van der Waals surface area contributed by atoms with Gasteiger partial charge in [0.2, 0.25) is 0 Å². The second-order valence-corrected chi connectivity index (χ2v) is 5.66. The molecule has 23 heavy (non-hydrogen) atoms. The highest BCUT2D eigenvalue weighted by Gasteiger charge is 2.31. The highest BCUT2D eigenvalue weighted by atomic mass is 16.5. The highest BCUT2D eigenvalue weighted by Crippen LogP contribution is 2.34. The normalized spacial score (nSPS) is 17.1. The van der Waals surface area contributed by atoms with Gasteiger partial charge in [-0.25, -0.2) is 4.68 Å². The van der Waals surface area contributed by atoms with Crippen LogP contribution in [0.25, 0.3) is 5.69 Å². The van der Waals surface area contributed by atoms with Gasteiger partial charge in [-0.05, 0) is 36.4 Å². The molecule has 0 fully saturated rings. The Hall–Kier alpha value is -2.82. The van der Waals surface area contributed by atoms with Crippen LogP contribution in [0.1, 0.15) is 34.2 Å². The Bertz CT molecular complexity index is 832. The van der Waals surface area contributed by atoms with Gasteiger partial charge in [-0.2, -0.15) is 5.10 Å². The number of ether oxygens (including phenoxy) is 1. The maximum absolute atomic E-state index is 12.4. The summed E-state index contributed by atoms with van der Waals surface area (Å²) in [6.45, 7) is 0. The molecule has 0 aliphatic heterocycles. The molecule has 1 aliphatic carbocycles. The van der Waals surface area contributed by atoms with Gasteiger partial charge in [0.1, 0.15) is 11.5 Å². The summed E-state index contributed by atoms with van der Waals surface area (Å²) in [5, 5.41) is 4.41. The summed E-state index contributed by atoms with van der Waals surface area (Å²) >= 11 is 0. The number of methoxy groups -OCH3 is 1. The number of aromatic nitrogens is 2. The predicted molar refractivity (Wildman–Crippen MR) is 84.2 cm³/mol. The molecular formula is C18H16N2O3. The van der Waals surface area contributed by atoms with E-state index in [9.17, 15) is 4.79 Å². The fourth-order valence-electron chi connectivity index (χ4n) is 3.11. The van der Waals surface area contributed by atoms with Crippen LogP contribution < -0.4 is 4.74 Å². The maximum atomic E-state index is 12.4. The van der Waals surface area contributed by atoms with Crippen molar-refractivity contribution < 1.29 is 13.9 Å². The molecule has 0 saturated carbocycles. The quantitative estimate of drug-likeness (QED) is 0.744. The number of Topliss-reactive ketones (excluding diaryl/α,β-unsaturated/α-hetero) is 1. The summed E-state index contributed by atoms with van der Waals surface area (Å²) in [6.07, 6.45) is 4.52. The lowest BCUT2D eigenvalue weighted by molar-refractivity contribution is 0.0959. The molecule has 0 saturated heterocycles. The van der Waals surface area contributed by atoms with Crippen molar-refractivity contribution in [2.24, 2.45) is 0 Å². The van der Waals surface area contributed by atoms with E-state index >= 15 is 0 Å². The van der Waals surface area contributed by atoms with Crippen LogP contribution in [-0.2, 0) is 6.42 Å². The molecule has 0 unspecified atom stereocenters. The molecule has 0 bridgehead atoms. The van der Waals surface area contributed by atoms with Crippen molar-refractivity contribution in [1.29, 1.82) is 0 Å². The van der Waals surface area contributed by atoms with Crippen molar-refractivity contribution in [3.05, 3.63) is 65.9 Å². The van der Waals surface area contributed by atoms with Crippen molar-refractivity contribution in [2.75, 3.05) is 7.11 Å². The zero-order chi connectivity index (χ0) is 15.8. The van der Waals surface area contributed by atoms with Crippen molar-refractivity contribution in [3.63, 3.8) is 0 Å². The van der Waals surface area contributed by atoms with Gasteiger partial charge < -0.3 is 9.15 Å². The van der Waals surface area contributed by atoms with Gasteiger partial charge in [-0.3, -0.25) is 4.79 Å². The van der Waals surface area contributed by atoms with Crippen LogP contribution >= 0.6 is 0 Å². The van der Waals surface area contributed by atoms with Gasteiger partial charge in [-0.15, -0.1) is 0 Å². The lowest BCUT2D eigenvalue weighted by Crippen LogP contribution is -2.19. The Kier molecular flexibility index (Phi) is 3.26. The molecule has 1 atom stereocenters. The average molecular weight is 308 g/mol. The largest absolute Gasteiger partial charge is 0.497 e. The smallest absolute Gasteiger partial charge is 0.167 e. The minimum atomic E-state index is 0.0682. The fourth-order valence-corrected chi connectivity index (χ4v) is 3.11. The first-order valence-electron chi connectivity index (χ1n) is 7.54. The first kappa shape index (κ1) is 13.8. The molecule has 1 aromatic carbocycles. The number of nitrogens with zero attached hydrogens (tertiary/aromatic N) is 2. The lowest BCUT2D eigenvalue weighted by atomic mass is 9.85. The minimum absolute atomic E-state index is 0.0682. The predicted octanol–water partition coefficient (Wildman–Crippen LogP) is 3.39. The zero-order valence-corrected chi connectivity index (χ0v) is 12.7. The van der Waals surface area contributed by atoms with E-state index in [4.69, 9.17) is 9.15 Å². The first-order valence-corrected chi connectivity index (χ1v) is 7.54. The van der Waals surface area contributed by atoms with Crippen molar-refractivity contribution >= 4 is 5.78 Å². The molecule has 4 rings (SSSR count). The monoisotopic (exact) mass is 308 g/mol. The Morgan fingerprint density at radius 2 is 2.04 bits per heavy atom. The van der Waals surface area contributed by atoms with E-state index in [0.29, 0.717) is 12.0 Å². The van der Waals surface area contributed by atoms with Crippen LogP contribution in [0.4, 0.5) is 0 Å². The molecule has 5 heteroatoms. The summed E-state index contributed by atoms with van der Waals surface area (Å²) in [5.74, 6) is 1.83. The minimum Gasteiger partial charge on any atom is -0.497 e. The van der Waals surface area contributed by atoms with E-state index in [-0.39, 0.29) is 11.7 Å². The van der Waals surface area contributed by atoms with E-state index in [0.717, 1.165) is 29.3 Å². The Balaban J connectivity index is 1.73. The van der Waals surface area contributed by atoms with Crippen molar-refractivity contribution in [3.8, 4) is 11.4 Å². The van der Waals surface area contributed by atoms with Gasteiger partial charge in [0.05, 0.1) is 36.5 Å². The summed E-state index contributed by atoms with van der Waals surface area (Å²) in [6, 6.07) is 11.4. The number of hydrogen-bond donors (Lipinski definition) is 0. The second-order valence-electron chi connectivity index (χ2n) is 5.66. The van der Waals surface area contributed by atoms with E-state index in [1.54, 1.807) is 19.6 Å². The zero-order valence-electron chi connectivity index (χ0n) is 12.7. The second kappa shape index (κ2) is 5.43. The van der Waals surface area contributed by atoms with E-state index in [2.05, 4.69) is 5.10 Å². The van der Waals surface area contributed by atoms with Gasteiger partial charge in [0.25, 0.3) is 0 Å². The Morgan fingerprint density at radius 3 is 2.74 bits per heavy atom. The number of fused-ring (bicyclic) bond motifs is 1. The van der Waals surface area contributed by atoms with Crippen LogP contribution in [0.15, 0.2) is 53.3 Å². The van der Waals surface area contributed by atoms with Gasteiger partial charge in [-0.1, -0.05) is 0 Å². The number of carbonyl (C=O) groups excluding carboxylic acids is 1. The Morgan fingerprint density at radius 1 is 1.22 bits per heavy atom. The topological polar surface area (TPSA) is 57.3 Å². The molecule has 0 spiro atoms. The summed E-state index contributed by atoms with van der Waals surface area (Å²) in [7, 11) is 1.64. The fraction of sp³-hybridized carbons (Fsp3) is 0.222. The van der Waals surface area contributed by atoms with Crippen molar-refractivity contribution in [2.45, 2.75) is 18.8 Å². The van der Waals surface area contributed by atoms with Gasteiger partial charge in [0, 0.05) is 18.8 Å². The molecule has 116 valence electrons. The molecule has 3 aromatic rings. The summed E-state index contributed by atoms with van der Waals surface area (Å²) in [5.41, 5.74) is 2.57. The van der Waals surface area contributed by atoms with E-state index in [1.807, 2.05) is 41.1 Å². The van der Waals surface area contributed by atoms with Crippen LogP contribution in [0, 0.1) is 0 Å². The highest BCUT2D eigenvalue weighted by molar-refractivity contribution is 5.98. The number of carbonyl (C=O) groups is 1. The van der Waals surface area contributed by atoms with Crippen molar-refractivity contribution in [1.82, 2.24) is 9.78 Å². The van der Waals surface area contributed by atoms with E-state index in [1.165, 1.54) is 0 Å². The first-order chi connectivity index (χ1) is 11.3. The van der Waals surface area contributed by atoms with E-state index < -0.39 is 0 Å². The van der Waals surface area contributed by atoms with Crippen LogP contribution in [0.5, 0.6) is 5.75 Å². The molecule has 2 aromatic heterocycles. The molecule has 2 heterocycles. The molecular weight excluding hydrogens is 292 g/mol. The standard InChI is InChI=1S/C18H16N2O3/c1-22-14-6-4-13(5-7-14)20-16-9-12(18-3-2-8-23-18)10-17(21)15(16)11-19-20/h2-8,11-12H,9-10H2,1H3/t12-/m0/s1. The third-order valence-corrected chi connectivity index (χ3v) is 4.30. The SMILES string of the molecule is COc1ccc(-n2ncc3c2C[C@H](c2ccco2)CC3=O)cc1. The van der Waals surface area contributed by atoms with Gasteiger partial charge >= 0.3 is 0 Å². The molecule has 5 nitrogen and oxygen atoms in total. The maximum Gasteiger partial charge on any atom is 0.167 e. The van der Waals surface area contributed by atoms with Crippen LogP contribution in [-0.4, -0.2) is 22.7 Å². The summed E-state index contributed by atoms with van der Waals surface area (Å²) in [4.78, 5) is 12.4. The van der Waals surface area contributed by atoms with Gasteiger partial charge in [0.15, 0.2) is 5.78 Å². The Labute approximate surface area is 133 Å². The number of furan rings is 1. The molecule has 0 radical (unpaired) electrons. The van der Waals surface area contributed by atoms with Crippen LogP contribution in [0.3, 0.4) is 0 Å². The molecule has 0 amide bonds. The molecule has 1 aliphatic rings. The van der Waals surface area contributed by atoms with Crippen LogP contribution in [0.2, 0.25) is 0 Å². The third-order valence-electron chi connectivity index (χ3n) is 4.30. The number of rotatable bonds is 3. The third kappa shape index (κ3) is 2.34. The molecule has 0 N–H and O–H groups in total. The summed E-state index contributed by atoms with van der Waals surface area (Å²) < 4.78 is 12.5. The lowest BCUT2D eigenvalue weighted by Gasteiger charge is -2.20. The number of hydrogen-bond acceptors (Lipinski definition) is 4.